The molecule has 0 aromatic carbocycles. The van der Waals surface area contributed by atoms with Crippen molar-refractivity contribution >= 4 is 0 Å². The smallest absolute Gasteiger partial charge is 0.103 e. The van der Waals surface area contributed by atoms with Crippen LogP contribution >= 0.6 is 0 Å². The third-order valence-corrected chi connectivity index (χ3v) is 2.33. The number of nitrogens with one attached hydrogen (secondary N) is 1. The van der Waals surface area contributed by atoms with Gasteiger partial charge in [0.15, 0.2) is 0 Å². The van der Waals surface area contributed by atoms with E-state index >= 15 is 0 Å². The summed E-state index contributed by atoms with van der Waals surface area (Å²) in [6, 6.07) is 0. The summed E-state index contributed by atoms with van der Waals surface area (Å²) in [6.45, 7) is 0.963. The van der Waals surface area contributed by atoms with Crippen LogP contribution < -0.4 is 5.32 Å². The molecule has 0 bridgehead atoms. The van der Waals surface area contributed by atoms with Crippen molar-refractivity contribution in [2.24, 2.45) is 5.92 Å². The van der Waals surface area contributed by atoms with E-state index in [4.69, 9.17) is 0 Å². The van der Waals surface area contributed by atoms with E-state index in [0.717, 1.165) is 32.2 Å². The second kappa shape index (κ2) is 3.91. The maximum Gasteiger partial charge on any atom is 0.103 e. The van der Waals surface area contributed by atoms with Gasteiger partial charge in [-0.1, -0.05) is 6.42 Å². The molecule has 1 aliphatic rings. The van der Waals surface area contributed by atoms with E-state index in [2.05, 4.69) is 5.32 Å². The zero-order chi connectivity index (χ0) is 7.40. The maximum atomic E-state index is 12.9. The van der Waals surface area contributed by atoms with Crippen molar-refractivity contribution in [2.75, 3.05) is 13.6 Å². The van der Waals surface area contributed by atoms with E-state index in [1.165, 1.54) is 0 Å². The van der Waals surface area contributed by atoms with Gasteiger partial charge in [0, 0.05) is 0 Å². The van der Waals surface area contributed by atoms with Crippen molar-refractivity contribution in [3.05, 3.63) is 0 Å². The maximum absolute atomic E-state index is 12.9. The van der Waals surface area contributed by atoms with Crippen LogP contribution in [0.15, 0.2) is 0 Å². The molecule has 0 aliphatic heterocycles. The molecule has 0 amide bonds. The normalized spacial score (nSPS) is 33.0. The zero-order valence-corrected chi connectivity index (χ0v) is 6.57. The van der Waals surface area contributed by atoms with Gasteiger partial charge >= 0.3 is 0 Å². The standard InChI is InChI=1S/C8H16FN/c1-10-6-5-7-3-2-4-8(7)9/h7-8,10H,2-6H2,1H3. The molecule has 0 aromatic heterocycles. The highest BCUT2D eigenvalue weighted by Gasteiger charge is 2.25. The summed E-state index contributed by atoms with van der Waals surface area (Å²) >= 11 is 0. The number of hydrogen-bond acceptors (Lipinski definition) is 1. The minimum absolute atomic E-state index is 0.354. The molecular formula is C8H16FN. The Morgan fingerprint density at radius 2 is 2.30 bits per heavy atom. The summed E-state index contributed by atoms with van der Waals surface area (Å²) in [6.07, 6.45) is 3.50. The van der Waals surface area contributed by atoms with E-state index in [-0.39, 0.29) is 0 Å². The van der Waals surface area contributed by atoms with Gasteiger partial charge in [0.25, 0.3) is 0 Å². The molecule has 10 heavy (non-hydrogen) atoms. The van der Waals surface area contributed by atoms with Crippen LogP contribution in [0.25, 0.3) is 0 Å². The predicted octanol–water partition coefficient (Wildman–Crippen LogP) is 1.73. The average molecular weight is 145 g/mol. The van der Waals surface area contributed by atoms with Gasteiger partial charge in [-0.3, -0.25) is 0 Å². The molecular weight excluding hydrogens is 129 g/mol. The van der Waals surface area contributed by atoms with Crippen LogP contribution in [-0.4, -0.2) is 19.8 Å². The first-order chi connectivity index (χ1) is 4.84. The Labute approximate surface area is 62.0 Å². The Bertz CT molecular complexity index is 95.3. The predicted molar refractivity (Wildman–Crippen MR) is 40.8 cm³/mol. The van der Waals surface area contributed by atoms with Gasteiger partial charge in [-0.05, 0) is 38.8 Å². The lowest BCUT2D eigenvalue weighted by Gasteiger charge is -2.10. The first-order valence-corrected chi connectivity index (χ1v) is 4.13. The van der Waals surface area contributed by atoms with Gasteiger partial charge in [-0.15, -0.1) is 0 Å². The summed E-state index contributed by atoms with van der Waals surface area (Å²) in [7, 11) is 1.92. The zero-order valence-electron chi connectivity index (χ0n) is 6.57. The Morgan fingerprint density at radius 3 is 2.80 bits per heavy atom. The SMILES string of the molecule is CNCCC1CCCC1F. The molecule has 0 heterocycles. The highest BCUT2D eigenvalue weighted by molar-refractivity contribution is 4.76. The van der Waals surface area contributed by atoms with Crippen molar-refractivity contribution in [1.82, 2.24) is 5.32 Å². The lowest BCUT2D eigenvalue weighted by molar-refractivity contribution is 0.252. The lowest BCUT2D eigenvalue weighted by Crippen LogP contribution is -2.16. The van der Waals surface area contributed by atoms with Crippen LogP contribution in [0.1, 0.15) is 25.7 Å². The first-order valence-electron chi connectivity index (χ1n) is 4.13. The summed E-state index contributed by atoms with van der Waals surface area (Å²) < 4.78 is 12.9. The van der Waals surface area contributed by atoms with Crippen molar-refractivity contribution in [2.45, 2.75) is 31.9 Å². The number of rotatable bonds is 3. The minimum atomic E-state index is -0.506. The van der Waals surface area contributed by atoms with E-state index in [9.17, 15) is 4.39 Å². The van der Waals surface area contributed by atoms with Crippen molar-refractivity contribution in [3.8, 4) is 0 Å². The van der Waals surface area contributed by atoms with E-state index < -0.39 is 6.17 Å². The summed E-state index contributed by atoms with van der Waals surface area (Å²) in [5, 5.41) is 3.05. The van der Waals surface area contributed by atoms with E-state index in [1.54, 1.807) is 0 Å². The van der Waals surface area contributed by atoms with Gasteiger partial charge in [-0.2, -0.15) is 0 Å². The van der Waals surface area contributed by atoms with Gasteiger partial charge < -0.3 is 5.32 Å². The van der Waals surface area contributed by atoms with Gasteiger partial charge in [0.2, 0.25) is 0 Å². The van der Waals surface area contributed by atoms with Crippen LogP contribution in [0.4, 0.5) is 4.39 Å². The van der Waals surface area contributed by atoms with Gasteiger partial charge in [0.1, 0.15) is 6.17 Å². The average Bonchev–Trinajstić information content (AvgIpc) is 2.31. The number of halogens is 1. The van der Waals surface area contributed by atoms with Gasteiger partial charge in [0.05, 0.1) is 0 Å². The molecule has 1 aliphatic carbocycles. The fraction of sp³-hybridized carbons (Fsp3) is 1.00. The molecule has 0 saturated heterocycles. The van der Waals surface area contributed by atoms with Crippen LogP contribution in [-0.2, 0) is 0 Å². The highest BCUT2D eigenvalue weighted by atomic mass is 19.1. The third-order valence-electron chi connectivity index (χ3n) is 2.33. The number of hydrogen-bond donors (Lipinski definition) is 1. The van der Waals surface area contributed by atoms with Crippen LogP contribution in [0.5, 0.6) is 0 Å². The van der Waals surface area contributed by atoms with Crippen molar-refractivity contribution < 1.29 is 4.39 Å². The second-order valence-corrected chi connectivity index (χ2v) is 3.10. The molecule has 1 fully saturated rings. The van der Waals surface area contributed by atoms with Crippen LogP contribution in [0.2, 0.25) is 0 Å². The lowest BCUT2D eigenvalue weighted by atomic mass is 10.0. The molecule has 1 N–H and O–H groups in total. The summed E-state index contributed by atoms with van der Waals surface area (Å²) in [5.74, 6) is 0.354. The summed E-state index contributed by atoms with van der Waals surface area (Å²) in [4.78, 5) is 0. The molecule has 1 saturated carbocycles. The highest BCUT2D eigenvalue weighted by Crippen LogP contribution is 2.30. The molecule has 1 nitrogen and oxygen atoms in total. The van der Waals surface area contributed by atoms with E-state index in [1.807, 2.05) is 7.05 Å². The molecule has 0 radical (unpaired) electrons. The fourth-order valence-corrected chi connectivity index (χ4v) is 1.65. The Hall–Kier alpha value is -0.110. The van der Waals surface area contributed by atoms with E-state index in [0.29, 0.717) is 5.92 Å². The molecule has 60 valence electrons. The van der Waals surface area contributed by atoms with Crippen LogP contribution in [0.3, 0.4) is 0 Å². The minimum Gasteiger partial charge on any atom is -0.320 e. The third kappa shape index (κ3) is 1.94. The largest absolute Gasteiger partial charge is 0.320 e. The van der Waals surface area contributed by atoms with Gasteiger partial charge in [-0.25, -0.2) is 4.39 Å². The van der Waals surface area contributed by atoms with Crippen molar-refractivity contribution in [1.29, 1.82) is 0 Å². The second-order valence-electron chi connectivity index (χ2n) is 3.10. The monoisotopic (exact) mass is 145 g/mol. The topological polar surface area (TPSA) is 12.0 Å². The Morgan fingerprint density at radius 1 is 1.50 bits per heavy atom. The van der Waals surface area contributed by atoms with Crippen LogP contribution in [0, 0.1) is 5.92 Å². The Kier molecular flexibility index (Phi) is 3.13. The molecule has 0 spiro atoms. The molecule has 0 aromatic rings. The summed E-state index contributed by atoms with van der Waals surface area (Å²) in [5.41, 5.74) is 0. The molecule has 2 heteroatoms. The Balaban J connectivity index is 2.14. The molecule has 2 atom stereocenters. The molecule has 2 unspecified atom stereocenters. The quantitative estimate of drug-likeness (QED) is 0.637. The number of alkyl halides is 1. The van der Waals surface area contributed by atoms with Crippen molar-refractivity contribution in [3.63, 3.8) is 0 Å². The first kappa shape index (κ1) is 7.99. The fourth-order valence-electron chi connectivity index (χ4n) is 1.65. The molecule has 1 rings (SSSR count).